The van der Waals surface area contributed by atoms with Crippen LogP contribution in [-0.4, -0.2) is 31.7 Å². The molecule has 0 aliphatic carbocycles. The van der Waals surface area contributed by atoms with Gasteiger partial charge >= 0.3 is 5.97 Å². The van der Waals surface area contributed by atoms with Gasteiger partial charge in [0.2, 0.25) is 0 Å². The number of benzene rings is 1. The number of hydrogen-bond donors (Lipinski definition) is 2. The van der Waals surface area contributed by atoms with Crippen LogP contribution in [0.4, 0.5) is 0 Å². The molecule has 2 atom stereocenters. The second-order valence-corrected chi connectivity index (χ2v) is 4.61. The number of ether oxygens (including phenoxy) is 1. The Morgan fingerprint density at radius 3 is 2.56 bits per heavy atom. The van der Waals surface area contributed by atoms with Crippen molar-refractivity contribution in [1.29, 1.82) is 0 Å². The molecule has 1 aliphatic rings. The highest BCUT2D eigenvalue weighted by molar-refractivity contribution is 5.89. The second kappa shape index (κ2) is 5.98. The molecule has 0 amide bonds. The van der Waals surface area contributed by atoms with Crippen LogP contribution in [0.3, 0.4) is 0 Å². The highest BCUT2D eigenvalue weighted by atomic mass is 16.5. The number of carbonyl (C=O) groups is 1. The monoisotopic (exact) mass is 248 g/mol. The molecule has 4 nitrogen and oxygen atoms in total. The number of hydrogen-bond acceptors (Lipinski definition) is 4. The first-order valence-electron chi connectivity index (χ1n) is 6.44. The van der Waals surface area contributed by atoms with E-state index in [1.807, 2.05) is 31.2 Å². The van der Waals surface area contributed by atoms with Crippen molar-refractivity contribution in [1.82, 2.24) is 10.6 Å². The smallest absolute Gasteiger partial charge is 0.338 e. The van der Waals surface area contributed by atoms with Gasteiger partial charge in [0.15, 0.2) is 0 Å². The van der Waals surface area contributed by atoms with Crippen LogP contribution >= 0.6 is 0 Å². The Balaban J connectivity index is 2.01. The number of piperazine rings is 1. The summed E-state index contributed by atoms with van der Waals surface area (Å²) in [6.07, 6.45) is 0. The lowest BCUT2D eigenvalue weighted by Gasteiger charge is -2.29. The maximum absolute atomic E-state index is 11.5. The van der Waals surface area contributed by atoms with Gasteiger partial charge in [-0.2, -0.15) is 0 Å². The molecule has 0 aromatic heterocycles. The molecule has 2 rings (SSSR count). The van der Waals surface area contributed by atoms with Crippen LogP contribution in [0.2, 0.25) is 0 Å². The third-order valence-electron chi connectivity index (χ3n) is 3.17. The first kappa shape index (κ1) is 13.1. The molecular formula is C14H20N2O2. The summed E-state index contributed by atoms with van der Waals surface area (Å²) in [5, 5.41) is 6.91. The van der Waals surface area contributed by atoms with Crippen LogP contribution in [0.25, 0.3) is 0 Å². The minimum absolute atomic E-state index is 0.257. The van der Waals surface area contributed by atoms with Gasteiger partial charge in [-0.1, -0.05) is 12.1 Å². The highest BCUT2D eigenvalue weighted by Crippen LogP contribution is 2.16. The molecule has 4 heteroatoms. The molecule has 2 N–H and O–H groups in total. The lowest BCUT2D eigenvalue weighted by Crippen LogP contribution is -2.48. The molecule has 1 aromatic rings. The highest BCUT2D eigenvalue weighted by Gasteiger charge is 2.18. The van der Waals surface area contributed by atoms with Crippen LogP contribution in [-0.2, 0) is 4.74 Å². The number of nitrogens with one attached hydrogen (secondary N) is 2. The lowest BCUT2D eigenvalue weighted by molar-refractivity contribution is 0.0526. The quantitative estimate of drug-likeness (QED) is 0.796. The zero-order valence-corrected chi connectivity index (χ0v) is 10.9. The summed E-state index contributed by atoms with van der Waals surface area (Å²) in [4.78, 5) is 11.5. The summed E-state index contributed by atoms with van der Waals surface area (Å²) in [5.41, 5.74) is 1.81. The maximum Gasteiger partial charge on any atom is 0.338 e. The second-order valence-electron chi connectivity index (χ2n) is 4.61. The topological polar surface area (TPSA) is 50.4 Å². The van der Waals surface area contributed by atoms with E-state index in [1.54, 1.807) is 0 Å². The van der Waals surface area contributed by atoms with E-state index in [0.717, 1.165) is 13.1 Å². The maximum atomic E-state index is 11.5. The first-order chi connectivity index (χ1) is 8.70. The van der Waals surface area contributed by atoms with Crippen molar-refractivity contribution < 1.29 is 9.53 Å². The fourth-order valence-electron chi connectivity index (χ4n) is 2.08. The third-order valence-corrected chi connectivity index (χ3v) is 3.17. The SMILES string of the molecule is CCOC(=O)c1ccc(C2CNC(C)CN2)cc1. The Labute approximate surface area is 108 Å². The zero-order chi connectivity index (χ0) is 13.0. The lowest BCUT2D eigenvalue weighted by atomic mass is 10.0. The summed E-state index contributed by atoms with van der Waals surface area (Å²) in [5.74, 6) is -0.257. The van der Waals surface area contributed by atoms with Crippen LogP contribution in [0.1, 0.15) is 35.8 Å². The fourth-order valence-corrected chi connectivity index (χ4v) is 2.08. The van der Waals surface area contributed by atoms with Gasteiger partial charge in [-0.3, -0.25) is 0 Å². The van der Waals surface area contributed by atoms with Gasteiger partial charge < -0.3 is 15.4 Å². The normalized spacial score (nSPS) is 23.7. The van der Waals surface area contributed by atoms with Crippen molar-refractivity contribution in [3.8, 4) is 0 Å². The summed E-state index contributed by atoms with van der Waals surface area (Å²) < 4.78 is 4.96. The molecule has 0 bridgehead atoms. The Morgan fingerprint density at radius 2 is 2.00 bits per heavy atom. The van der Waals surface area contributed by atoms with Gasteiger partial charge in [-0.05, 0) is 31.5 Å². The average Bonchev–Trinajstić information content (AvgIpc) is 2.40. The van der Waals surface area contributed by atoms with Crippen molar-refractivity contribution in [2.45, 2.75) is 25.9 Å². The molecule has 1 saturated heterocycles. The predicted molar refractivity (Wildman–Crippen MR) is 70.6 cm³/mol. The molecule has 1 aliphatic heterocycles. The van der Waals surface area contributed by atoms with Gasteiger partial charge in [-0.15, -0.1) is 0 Å². The van der Waals surface area contributed by atoms with Gasteiger partial charge in [0.05, 0.1) is 12.2 Å². The van der Waals surface area contributed by atoms with E-state index in [4.69, 9.17) is 4.74 Å². The van der Waals surface area contributed by atoms with E-state index in [0.29, 0.717) is 24.3 Å². The minimum atomic E-state index is -0.257. The molecule has 98 valence electrons. The summed E-state index contributed by atoms with van der Waals surface area (Å²) in [7, 11) is 0. The molecule has 0 radical (unpaired) electrons. The average molecular weight is 248 g/mol. The van der Waals surface area contributed by atoms with Gasteiger partial charge in [0, 0.05) is 25.2 Å². The first-order valence-corrected chi connectivity index (χ1v) is 6.44. The van der Waals surface area contributed by atoms with Gasteiger partial charge in [-0.25, -0.2) is 4.79 Å². The molecular weight excluding hydrogens is 228 g/mol. The van der Waals surface area contributed by atoms with E-state index in [2.05, 4.69) is 17.6 Å². The van der Waals surface area contributed by atoms with E-state index in [-0.39, 0.29) is 5.97 Å². The van der Waals surface area contributed by atoms with Gasteiger partial charge in [0.25, 0.3) is 0 Å². The molecule has 1 aromatic carbocycles. The molecule has 2 unspecified atom stereocenters. The van der Waals surface area contributed by atoms with Crippen molar-refractivity contribution in [2.24, 2.45) is 0 Å². The van der Waals surface area contributed by atoms with Crippen LogP contribution in [0.15, 0.2) is 24.3 Å². The Kier molecular flexibility index (Phi) is 4.33. The third kappa shape index (κ3) is 3.09. The number of esters is 1. The predicted octanol–water partition coefficient (Wildman–Crippen LogP) is 1.49. The molecule has 1 fully saturated rings. The zero-order valence-electron chi connectivity index (χ0n) is 10.9. The summed E-state index contributed by atoms with van der Waals surface area (Å²) in [6.45, 7) is 6.26. The van der Waals surface area contributed by atoms with Crippen molar-refractivity contribution >= 4 is 5.97 Å². The molecule has 1 heterocycles. The Hall–Kier alpha value is -1.39. The Morgan fingerprint density at radius 1 is 1.28 bits per heavy atom. The van der Waals surface area contributed by atoms with E-state index < -0.39 is 0 Å². The summed E-state index contributed by atoms with van der Waals surface area (Å²) >= 11 is 0. The number of carbonyl (C=O) groups excluding carboxylic acids is 1. The summed E-state index contributed by atoms with van der Waals surface area (Å²) in [6, 6.07) is 8.46. The van der Waals surface area contributed by atoms with Gasteiger partial charge in [0.1, 0.15) is 0 Å². The van der Waals surface area contributed by atoms with Crippen LogP contribution in [0, 0.1) is 0 Å². The van der Waals surface area contributed by atoms with E-state index in [1.165, 1.54) is 5.56 Å². The Bertz CT molecular complexity index is 395. The van der Waals surface area contributed by atoms with Crippen molar-refractivity contribution in [3.63, 3.8) is 0 Å². The van der Waals surface area contributed by atoms with E-state index >= 15 is 0 Å². The van der Waals surface area contributed by atoms with Crippen molar-refractivity contribution in [3.05, 3.63) is 35.4 Å². The number of rotatable bonds is 3. The molecule has 0 spiro atoms. The van der Waals surface area contributed by atoms with E-state index in [9.17, 15) is 4.79 Å². The van der Waals surface area contributed by atoms with Crippen LogP contribution in [0.5, 0.6) is 0 Å². The molecule has 18 heavy (non-hydrogen) atoms. The van der Waals surface area contributed by atoms with Crippen LogP contribution < -0.4 is 10.6 Å². The standard InChI is InChI=1S/C14H20N2O2/c1-3-18-14(17)12-6-4-11(5-7-12)13-9-15-10(2)8-16-13/h4-7,10,13,15-16H,3,8-9H2,1-2H3. The molecule has 0 saturated carbocycles. The minimum Gasteiger partial charge on any atom is -0.462 e. The fraction of sp³-hybridized carbons (Fsp3) is 0.500. The largest absolute Gasteiger partial charge is 0.462 e. The van der Waals surface area contributed by atoms with Crippen molar-refractivity contribution in [2.75, 3.05) is 19.7 Å².